The molecule has 0 aliphatic carbocycles. The van der Waals surface area contributed by atoms with Gasteiger partial charge in [0, 0.05) is 29.0 Å². The smallest absolute Gasteiger partial charge is 0.299 e. The Morgan fingerprint density at radius 2 is 2.11 bits per heavy atom. The molecule has 4 nitrogen and oxygen atoms in total. The van der Waals surface area contributed by atoms with E-state index in [4.69, 9.17) is 0 Å². The summed E-state index contributed by atoms with van der Waals surface area (Å²) in [5, 5.41) is 0.353. The average molecular weight is 260 g/mol. The number of hydrogen-bond acceptors (Lipinski definition) is 3. The predicted molar refractivity (Wildman–Crippen MR) is 71.1 cm³/mol. The molecular weight excluding hydrogens is 248 g/mol. The molecular formula is C13H12N2O2S. The molecule has 18 heavy (non-hydrogen) atoms. The van der Waals surface area contributed by atoms with Crippen LogP contribution in [0.2, 0.25) is 0 Å². The van der Waals surface area contributed by atoms with Gasteiger partial charge in [-0.05, 0) is 18.1 Å². The molecule has 0 fully saturated rings. The highest BCUT2D eigenvalue weighted by atomic mass is 32.2. The van der Waals surface area contributed by atoms with E-state index in [1.807, 2.05) is 12.1 Å². The minimum atomic E-state index is -0.349. The molecule has 1 N–H and O–H groups in total. The van der Waals surface area contributed by atoms with Crippen LogP contribution in [0.4, 0.5) is 0 Å². The van der Waals surface area contributed by atoms with Gasteiger partial charge in [0.25, 0.3) is 5.56 Å². The summed E-state index contributed by atoms with van der Waals surface area (Å²) in [6, 6.07) is 9.68. The van der Waals surface area contributed by atoms with Crippen LogP contribution >= 0.6 is 11.8 Å². The highest BCUT2D eigenvalue weighted by molar-refractivity contribution is 8.00. The van der Waals surface area contributed by atoms with Crippen LogP contribution in [0, 0.1) is 0 Å². The van der Waals surface area contributed by atoms with Gasteiger partial charge in [0.05, 0.1) is 0 Å². The first-order valence-corrected chi connectivity index (χ1v) is 6.65. The van der Waals surface area contributed by atoms with Crippen molar-refractivity contribution in [3.05, 3.63) is 62.9 Å². The summed E-state index contributed by atoms with van der Waals surface area (Å²) in [5.74, 6) is 0. The number of nitrogens with zero attached hydrogens (tertiary/aromatic N) is 1. The van der Waals surface area contributed by atoms with Crippen LogP contribution in [0.15, 0.2) is 51.0 Å². The second kappa shape index (κ2) is 4.49. The summed E-state index contributed by atoms with van der Waals surface area (Å²) in [6.07, 6.45) is 2.52. The maximum Gasteiger partial charge on any atom is 0.328 e. The Labute approximate surface area is 108 Å². The van der Waals surface area contributed by atoms with Crippen LogP contribution in [0.3, 0.4) is 0 Å². The molecule has 5 heteroatoms. The highest BCUT2D eigenvalue weighted by Gasteiger charge is 2.22. The van der Waals surface area contributed by atoms with Gasteiger partial charge in [-0.1, -0.05) is 18.2 Å². The van der Waals surface area contributed by atoms with Gasteiger partial charge < -0.3 is 0 Å². The van der Waals surface area contributed by atoms with Crippen molar-refractivity contribution in [2.24, 2.45) is 0 Å². The van der Waals surface area contributed by atoms with Gasteiger partial charge in [-0.2, -0.15) is 0 Å². The fourth-order valence-electron chi connectivity index (χ4n) is 2.16. The zero-order valence-corrected chi connectivity index (χ0v) is 10.4. The Kier molecular flexibility index (Phi) is 2.83. The summed E-state index contributed by atoms with van der Waals surface area (Å²) < 4.78 is 1.56. The second-order valence-electron chi connectivity index (χ2n) is 4.31. The van der Waals surface area contributed by atoms with Crippen LogP contribution in [-0.2, 0) is 13.0 Å². The van der Waals surface area contributed by atoms with Crippen molar-refractivity contribution in [2.75, 3.05) is 0 Å². The number of thioether (sulfide) groups is 1. The van der Waals surface area contributed by atoms with E-state index in [2.05, 4.69) is 17.1 Å². The van der Waals surface area contributed by atoms with Crippen LogP contribution in [-0.4, -0.2) is 14.8 Å². The van der Waals surface area contributed by atoms with Gasteiger partial charge in [0.1, 0.15) is 0 Å². The lowest BCUT2D eigenvalue weighted by Gasteiger charge is -2.09. The highest BCUT2D eigenvalue weighted by Crippen LogP contribution is 2.37. The number of aromatic nitrogens is 2. The Morgan fingerprint density at radius 3 is 2.89 bits per heavy atom. The molecule has 1 atom stereocenters. The van der Waals surface area contributed by atoms with Gasteiger partial charge in [-0.3, -0.25) is 14.3 Å². The van der Waals surface area contributed by atoms with E-state index in [-0.39, 0.29) is 11.2 Å². The quantitative estimate of drug-likeness (QED) is 0.884. The molecule has 0 saturated carbocycles. The molecule has 2 heterocycles. The van der Waals surface area contributed by atoms with Crippen molar-refractivity contribution in [1.29, 1.82) is 0 Å². The SMILES string of the molecule is O=c1ccn(CC2Cc3ccccc3S2)c(=O)[nH]1. The van der Waals surface area contributed by atoms with E-state index in [0.717, 1.165) is 6.42 Å². The second-order valence-corrected chi connectivity index (χ2v) is 5.66. The van der Waals surface area contributed by atoms with Crippen LogP contribution in [0.1, 0.15) is 5.56 Å². The van der Waals surface area contributed by atoms with Crippen molar-refractivity contribution >= 4 is 11.8 Å². The van der Waals surface area contributed by atoms with Crippen LogP contribution in [0.25, 0.3) is 0 Å². The minimum absolute atomic E-state index is 0.334. The maximum atomic E-state index is 11.6. The first kappa shape index (κ1) is 11.3. The molecule has 1 aromatic heterocycles. The number of nitrogens with one attached hydrogen (secondary N) is 1. The molecule has 0 bridgehead atoms. The summed E-state index contributed by atoms with van der Waals surface area (Å²) in [6.45, 7) is 0.620. The molecule has 1 aliphatic heterocycles. The summed E-state index contributed by atoms with van der Waals surface area (Å²) in [4.78, 5) is 26.2. The Morgan fingerprint density at radius 1 is 1.28 bits per heavy atom. The standard InChI is InChI=1S/C13H12N2O2S/c16-12-5-6-15(13(17)14-12)8-10-7-9-3-1-2-4-11(9)18-10/h1-6,10H,7-8H2,(H,14,16,17). The average Bonchev–Trinajstić information content (AvgIpc) is 2.75. The third-order valence-corrected chi connectivity index (χ3v) is 4.31. The monoisotopic (exact) mass is 260 g/mol. The van der Waals surface area contributed by atoms with Gasteiger partial charge >= 0.3 is 5.69 Å². The molecule has 3 rings (SSSR count). The molecule has 1 unspecified atom stereocenters. The zero-order valence-electron chi connectivity index (χ0n) is 9.63. The molecule has 0 saturated heterocycles. The normalized spacial score (nSPS) is 17.7. The first-order chi connectivity index (χ1) is 8.72. The number of aromatic amines is 1. The van der Waals surface area contributed by atoms with Crippen molar-refractivity contribution in [3.63, 3.8) is 0 Å². The van der Waals surface area contributed by atoms with E-state index >= 15 is 0 Å². The van der Waals surface area contributed by atoms with Gasteiger partial charge in [0.2, 0.25) is 0 Å². The lowest BCUT2D eigenvalue weighted by atomic mass is 10.1. The number of rotatable bonds is 2. The van der Waals surface area contributed by atoms with E-state index in [9.17, 15) is 9.59 Å². The molecule has 2 aromatic rings. The Hall–Kier alpha value is -1.75. The third kappa shape index (κ3) is 2.13. The van der Waals surface area contributed by atoms with Crippen molar-refractivity contribution in [2.45, 2.75) is 23.1 Å². The number of hydrogen-bond donors (Lipinski definition) is 1. The lowest BCUT2D eigenvalue weighted by molar-refractivity contribution is 0.622. The molecule has 0 amide bonds. The van der Waals surface area contributed by atoms with E-state index < -0.39 is 0 Å². The topological polar surface area (TPSA) is 54.9 Å². The predicted octanol–water partition coefficient (Wildman–Crippen LogP) is 1.25. The van der Waals surface area contributed by atoms with E-state index in [1.54, 1.807) is 22.5 Å². The third-order valence-electron chi connectivity index (χ3n) is 3.01. The van der Waals surface area contributed by atoms with Gasteiger partial charge in [-0.25, -0.2) is 4.79 Å². The molecule has 1 aliphatic rings. The Balaban J connectivity index is 1.80. The fraction of sp³-hybridized carbons (Fsp3) is 0.231. The summed E-state index contributed by atoms with van der Waals surface area (Å²) in [7, 11) is 0. The van der Waals surface area contributed by atoms with Gasteiger partial charge in [0.15, 0.2) is 0 Å². The largest absolute Gasteiger partial charge is 0.328 e. The van der Waals surface area contributed by atoms with Crippen LogP contribution in [0.5, 0.6) is 0 Å². The lowest BCUT2D eigenvalue weighted by Crippen LogP contribution is -2.31. The van der Waals surface area contributed by atoms with Gasteiger partial charge in [-0.15, -0.1) is 11.8 Å². The maximum absolute atomic E-state index is 11.6. The molecule has 0 spiro atoms. The summed E-state index contributed by atoms with van der Waals surface area (Å²) >= 11 is 1.79. The number of fused-ring (bicyclic) bond motifs is 1. The molecule has 0 radical (unpaired) electrons. The zero-order chi connectivity index (χ0) is 12.5. The van der Waals surface area contributed by atoms with E-state index in [1.165, 1.54) is 16.5 Å². The van der Waals surface area contributed by atoms with Crippen LogP contribution < -0.4 is 11.2 Å². The van der Waals surface area contributed by atoms with E-state index in [0.29, 0.717) is 11.8 Å². The van der Waals surface area contributed by atoms with Crippen molar-refractivity contribution in [3.8, 4) is 0 Å². The number of H-pyrrole nitrogens is 1. The molecule has 1 aromatic carbocycles. The van der Waals surface area contributed by atoms with Crippen molar-refractivity contribution in [1.82, 2.24) is 9.55 Å². The Bertz CT molecular complexity index is 665. The fourth-order valence-corrected chi connectivity index (χ4v) is 3.48. The first-order valence-electron chi connectivity index (χ1n) is 5.77. The number of benzene rings is 1. The van der Waals surface area contributed by atoms with Crippen molar-refractivity contribution < 1.29 is 0 Å². The summed E-state index contributed by atoms with van der Waals surface area (Å²) in [5.41, 5.74) is 0.655. The molecule has 92 valence electrons. The minimum Gasteiger partial charge on any atom is -0.299 e.